The molecule has 0 fully saturated rings. The summed E-state index contributed by atoms with van der Waals surface area (Å²) in [6.45, 7) is 4.82. The summed E-state index contributed by atoms with van der Waals surface area (Å²) in [5, 5.41) is 6.68. The maximum atomic E-state index is 4.36. The van der Waals surface area contributed by atoms with Gasteiger partial charge in [-0.2, -0.15) is 0 Å². The van der Waals surface area contributed by atoms with Crippen LogP contribution in [-0.2, 0) is 0 Å². The third kappa shape index (κ3) is 3.54. The Kier molecular flexibility index (Phi) is 5.65. The lowest BCUT2D eigenvalue weighted by Crippen LogP contribution is -2.26. The average Bonchev–Trinajstić information content (AvgIpc) is 2.81. The van der Waals surface area contributed by atoms with Crippen LogP contribution >= 0.6 is 24.2 Å². The topological polar surface area (TPSA) is 36.4 Å². The van der Waals surface area contributed by atoms with Crippen LogP contribution in [0.15, 0.2) is 28.1 Å². The fraction of sp³-hybridized carbons (Fsp3) is 0.417. The standard InChI is InChI=1S/C12H17N3S.ClH/c1-9-10(4-3-5-11(9)16-2)15-8-12-13-6-7-14-12;/h3-5,15H,6-8H2,1-2H3,(H,13,14);1H. The number of halogens is 1. The van der Waals surface area contributed by atoms with Gasteiger partial charge >= 0.3 is 0 Å². The van der Waals surface area contributed by atoms with Gasteiger partial charge in [-0.05, 0) is 30.9 Å². The summed E-state index contributed by atoms with van der Waals surface area (Å²) in [4.78, 5) is 5.69. The molecule has 0 saturated heterocycles. The third-order valence-corrected chi connectivity index (χ3v) is 3.58. The summed E-state index contributed by atoms with van der Waals surface area (Å²) in [6, 6.07) is 6.35. The highest BCUT2D eigenvalue weighted by atomic mass is 35.5. The Bertz CT molecular complexity index is 407. The Morgan fingerprint density at radius 2 is 2.29 bits per heavy atom. The molecule has 0 atom stereocenters. The van der Waals surface area contributed by atoms with Crippen molar-refractivity contribution in [3.63, 3.8) is 0 Å². The zero-order chi connectivity index (χ0) is 11.4. The van der Waals surface area contributed by atoms with Gasteiger partial charge in [-0.1, -0.05) is 6.07 Å². The number of aliphatic imine (C=N–C) groups is 1. The predicted octanol–water partition coefficient (Wildman–Crippen LogP) is 2.55. The number of anilines is 1. The minimum absolute atomic E-state index is 0. The molecule has 0 spiro atoms. The van der Waals surface area contributed by atoms with Gasteiger partial charge in [0.05, 0.1) is 13.1 Å². The Morgan fingerprint density at radius 3 is 2.94 bits per heavy atom. The van der Waals surface area contributed by atoms with Crippen LogP contribution in [0.25, 0.3) is 0 Å². The van der Waals surface area contributed by atoms with Gasteiger partial charge in [-0.15, -0.1) is 24.2 Å². The third-order valence-electron chi connectivity index (χ3n) is 2.69. The van der Waals surface area contributed by atoms with Crippen LogP contribution in [0.4, 0.5) is 5.69 Å². The van der Waals surface area contributed by atoms with Gasteiger partial charge in [-0.25, -0.2) is 0 Å². The summed E-state index contributed by atoms with van der Waals surface area (Å²) >= 11 is 1.78. The fourth-order valence-corrected chi connectivity index (χ4v) is 2.40. The predicted molar refractivity (Wildman–Crippen MR) is 79.0 cm³/mol. The van der Waals surface area contributed by atoms with E-state index in [2.05, 4.69) is 47.0 Å². The van der Waals surface area contributed by atoms with Crippen molar-refractivity contribution in [2.45, 2.75) is 11.8 Å². The lowest BCUT2D eigenvalue weighted by molar-refractivity contribution is 0.955. The minimum atomic E-state index is 0. The first-order valence-corrected chi connectivity index (χ1v) is 6.68. The van der Waals surface area contributed by atoms with Crippen molar-refractivity contribution in [3.05, 3.63) is 23.8 Å². The molecular formula is C12H18ClN3S. The molecule has 1 aromatic rings. The number of nitrogens with one attached hydrogen (secondary N) is 2. The molecule has 0 saturated carbocycles. The summed E-state index contributed by atoms with van der Waals surface area (Å²) < 4.78 is 0. The first-order chi connectivity index (χ1) is 7.81. The number of amidine groups is 1. The van der Waals surface area contributed by atoms with E-state index in [1.54, 1.807) is 11.8 Å². The maximum absolute atomic E-state index is 4.36. The number of hydrogen-bond donors (Lipinski definition) is 2. The van der Waals surface area contributed by atoms with Crippen molar-refractivity contribution < 1.29 is 0 Å². The van der Waals surface area contributed by atoms with Crippen molar-refractivity contribution >= 4 is 35.7 Å². The zero-order valence-corrected chi connectivity index (χ0v) is 11.8. The summed E-state index contributed by atoms with van der Waals surface area (Å²) in [5.74, 6) is 1.06. The van der Waals surface area contributed by atoms with Gasteiger partial charge in [-0.3, -0.25) is 4.99 Å². The quantitative estimate of drug-likeness (QED) is 0.827. The van der Waals surface area contributed by atoms with E-state index in [1.807, 2.05) is 0 Å². The molecule has 1 heterocycles. The highest BCUT2D eigenvalue weighted by Crippen LogP contribution is 2.25. The molecule has 2 rings (SSSR count). The maximum Gasteiger partial charge on any atom is 0.116 e. The van der Waals surface area contributed by atoms with Gasteiger partial charge in [0.1, 0.15) is 5.84 Å². The number of nitrogens with zero attached hydrogens (tertiary/aromatic N) is 1. The molecule has 0 aromatic heterocycles. The SMILES string of the molecule is CSc1cccc(NCC2=NCCN2)c1C.Cl. The summed E-state index contributed by atoms with van der Waals surface area (Å²) in [5.41, 5.74) is 2.51. The van der Waals surface area contributed by atoms with Gasteiger partial charge in [0.25, 0.3) is 0 Å². The molecule has 94 valence electrons. The zero-order valence-electron chi connectivity index (χ0n) is 10.1. The lowest BCUT2D eigenvalue weighted by atomic mass is 10.2. The van der Waals surface area contributed by atoms with Crippen molar-refractivity contribution in [1.82, 2.24) is 5.32 Å². The molecule has 0 radical (unpaired) electrons. The minimum Gasteiger partial charge on any atom is -0.378 e. The monoisotopic (exact) mass is 271 g/mol. The number of hydrogen-bond acceptors (Lipinski definition) is 4. The molecular weight excluding hydrogens is 254 g/mol. The van der Waals surface area contributed by atoms with Crippen LogP contribution in [0.5, 0.6) is 0 Å². The number of rotatable bonds is 4. The van der Waals surface area contributed by atoms with Gasteiger partial charge in [0.15, 0.2) is 0 Å². The van der Waals surface area contributed by atoms with Crippen molar-refractivity contribution in [1.29, 1.82) is 0 Å². The molecule has 0 bridgehead atoms. The molecule has 1 aliphatic heterocycles. The number of thioether (sulfide) groups is 1. The molecule has 1 aromatic carbocycles. The van der Waals surface area contributed by atoms with Gasteiger partial charge in [0, 0.05) is 17.1 Å². The second-order valence-electron chi connectivity index (χ2n) is 3.74. The molecule has 3 nitrogen and oxygen atoms in total. The second kappa shape index (κ2) is 6.77. The van der Waals surface area contributed by atoms with E-state index < -0.39 is 0 Å². The van der Waals surface area contributed by atoms with Gasteiger partial charge < -0.3 is 10.6 Å². The highest BCUT2D eigenvalue weighted by Gasteiger charge is 2.06. The first kappa shape index (κ1) is 14.2. The van der Waals surface area contributed by atoms with E-state index in [0.29, 0.717) is 0 Å². The van der Waals surface area contributed by atoms with Crippen LogP contribution in [-0.4, -0.2) is 31.7 Å². The van der Waals surface area contributed by atoms with Crippen LogP contribution < -0.4 is 10.6 Å². The van der Waals surface area contributed by atoms with Crippen LogP contribution in [0, 0.1) is 6.92 Å². The summed E-state index contributed by atoms with van der Waals surface area (Å²) in [7, 11) is 0. The van der Waals surface area contributed by atoms with E-state index in [4.69, 9.17) is 0 Å². The fourth-order valence-electron chi connectivity index (χ4n) is 1.77. The lowest BCUT2D eigenvalue weighted by Gasteiger charge is -2.12. The van der Waals surface area contributed by atoms with Crippen molar-refractivity contribution in [2.75, 3.05) is 31.2 Å². The largest absolute Gasteiger partial charge is 0.378 e. The smallest absolute Gasteiger partial charge is 0.116 e. The highest BCUT2D eigenvalue weighted by molar-refractivity contribution is 7.98. The van der Waals surface area contributed by atoms with Crippen molar-refractivity contribution in [3.8, 4) is 0 Å². The molecule has 17 heavy (non-hydrogen) atoms. The average molecular weight is 272 g/mol. The molecule has 5 heteroatoms. The van der Waals surface area contributed by atoms with Crippen molar-refractivity contribution in [2.24, 2.45) is 4.99 Å². The van der Waals surface area contributed by atoms with E-state index in [1.165, 1.54) is 16.1 Å². The summed E-state index contributed by atoms with van der Waals surface area (Å²) in [6.07, 6.45) is 2.11. The normalized spacial score (nSPS) is 13.6. The first-order valence-electron chi connectivity index (χ1n) is 5.46. The molecule has 0 aliphatic carbocycles. The van der Waals surface area contributed by atoms with Crippen LogP contribution in [0.3, 0.4) is 0 Å². The van der Waals surface area contributed by atoms with E-state index in [-0.39, 0.29) is 12.4 Å². The van der Waals surface area contributed by atoms with E-state index in [0.717, 1.165) is 25.5 Å². The Morgan fingerprint density at radius 1 is 1.47 bits per heavy atom. The second-order valence-corrected chi connectivity index (χ2v) is 4.59. The molecule has 0 amide bonds. The Hall–Kier alpha value is -0.870. The molecule has 0 unspecified atom stereocenters. The van der Waals surface area contributed by atoms with E-state index in [9.17, 15) is 0 Å². The van der Waals surface area contributed by atoms with E-state index >= 15 is 0 Å². The molecule has 1 aliphatic rings. The Labute approximate surface area is 113 Å². The molecule has 2 N–H and O–H groups in total. The van der Waals surface area contributed by atoms with Crippen LogP contribution in [0.2, 0.25) is 0 Å². The number of benzene rings is 1. The van der Waals surface area contributed by atoms with Gasteiger partial charge in [0.2, 0.25) is 0 Å². The van der Waals surface area contributed by atoms with Crippen LogP contribution in [0.1, 0.15) is 5.56 Å². The Balaban J connectivity index is 0.00000144.